The van der Waals surface area contributed by atoms with Gasteiger partial charge in [-0.25, -0.2) is 0 Å². The average Bonchev–Trinajstić information content (AvgIpc) is 3.16. The maximum atomic E-state index is 13.3. The Morgan fingerprint density at radius 2 is 1.61 bits per heavy atom. The number of phenolic OH excluding ortho intramolecular Hbond substituents is 2. The lowest BCUT2D eigenvalue weighted by molar-refractivity contribution is -0.190. The van der Waals surface area contributed by atoms with Gasteiger partial charge in [0.05, 0.1) is 42.6 Å². The van der Waals surface area contributed by atoms with E-state index in [9.17, 15) is 29.7 Å². The SMILES string of the molecule is CNc1ccc(NC(=O)C2CCc3c(O)c4c(c(O)c3C2)C(=O)c2cccc(OC)c2C4=O)cc1.COC1CN(C2CCOC(C)C2O)CCO1. The number of fused-ring (bicyclic) bond motifs is 3. The summed E-state index contributed by atoms with van der Waals surface area (Å²) in [6.07, 6.45) is 1.04. The number of morpholine rings is 1. The molecule has 51 heavy (non-hydrogen) atoms. The van der Waals surface area contributed by atoms with Gasteiger partial charge in [-0.2, -0.15) is 0 Å². The molecule has 2 heterocycles. The van der Waals surface area contributed by atoms with E-state index >= 15 is 0 Å². The fraction of sp³-hybridized carbons (Fsp3) is 0.447. The summed E-state index contributed by atoms with van der Waals surface area (Å²) in [5, 5.41) is 38.2. The van der Waals surface area contributed by atoms with Crippen molar-refractivity contribution in [3.63, 3.8) is 0 Å². The highest BCUT2D eigenvalue weighted by molar-refractivity contribution is 6.31. The van der Waals surface area contributed by atoms with Crippen molar-refractivity contribution in [2.75, 3.05) is 58.2 Å². The second kappa shape index (κ2) is 15.4. The number of aliphatic hydroxyl groups excluding tert-OH is 1. The Hall–Kier alpha value is -4.53. The summed E-state index contributed by atoms with van der Waals surface area (Å²) < 4.78 is 21.3. The molecule has 5 N–H and O–H groups in total. The van der Waals surface area contributed by atoms with Crippen molar-refractivity contribution in [1.29, 1.82) is 0 Å². The van der Waals surface area contributed by atoms with Crippen LogP contribution in [0.4, 0.5) is 11.4 Å². The molecule has 0 aromatic heterocycles. The van der Waals surface area contributed by atoms with E-state index in [2.05, 4.69) is 15.5 Å². The van der Waals surface area contributed by atoms with Crippen molar-refractivity contribution < 1.29 is 48.7 Å². The summed E-state index contributed by atoms with van der Waals surface area (Å²) in [5.74, 6) is -2.28. The van der Waals surface area contributed by atoms with Crippen LogP contribution >= 0.6 is 0 Å². The quantitative estimate of drug-likeness (QED) is 0.185. The number of nitrogens with zero attached hydrogens (tertiary/aromatic N) is 1. The number of aromatic hydroxyl groups is 2. The molecule has 4 aliphatic rings. The van der Waals surface area contributed by atoms with Crippen molar-refractivity contribution in [2.45, 2.75) is 57.1 Å². The molecule has 5 atom stereocenters. The highest BCUT2D eigenvalue weighted by Gasteiger charge is 2.41. The van der Waals surface area contributed by atoms with Crippen LogP contribution in [0.3, 0.4) is 0 Å². The molecule has 3 aromatic rings. The molecule has 2 fully saturated rings. The predicted octanol–water partition coefficient (Wildman–Crippen LogP) is 3.50. The van der Waals surface area contributed by atoms with Gasteiger partial charge in [-0.15, -0.1) is 0 Å². The van der Waals surface area contributed by atoms with Crippen LogP contribution in [0.5, 0.6) is 17.2 Å². The van der Waals surface area contributed by atoms with Gasteiger partial charge in [0.15, 0.2) is 12.1 Å². The van der Waals surface area contributed by atoms with Crippen LogP contribution in [-0.2, 0) is 31.8 Å². The van der Waals surface area contributed by atoms with Crippen LogP contribution in [0.15, 0.2) is 42.5 Å². The zero-order chi connectivity index (χ0) is 36.4. The highest BCUT2D eigenvalue weighted by Crippen LogP contribution is 2.47. The summed E-state index contributed by atoms with van der Waals surface area (Å²) in [4.78, 5) is 41.9. The van der Waals surface area contributed by atoms with Crippen LogP contribution in [0, 0.1) is 5.92 Å². The molecule has 1 amide bonds. The van der Waals surface area contributed by atoms with E-state index in [0.717, 1.165) is 31.8 Å². The third kappa shape index (κ3) is 7.04. The fourth-order valence-electron chi connectivity index (χ4n) is 7.43. The van der Waals surface area contributed by atoms with E-state index < -0.39 is 23.6 Å². The molecule has 13 heteroatoms. The molecular formula is C38H45N3O10. The Labute approximate surface area is 296 Å². The molecule has 2 saturated heterocycles. The molecular weight excluding hydrogens is 658 g/mol. The van der Waals surface area contributed by atoms with Crippen LogP contribution in [0.1, 0.15) is 62.7 Å². The van der Waals surface area contributed by atoms with Crippen LogP contribution in [-0.4, -0.2) is 110 Å². The van der Waals surface area contributed by atoms with Crippen LogP contribution in [0.25, 0.3) is 0 Å². The van der Waals surface area contributed by atoms with Gasteiger partial charge in [0.2, 0.25) is 11.7 Å². The average molecular weight is 704 g/mol. The molecule has 2 aliphatic carbocycles. The Kier molecular flexibility index (Phi) is 10.9. The number of nitrogens with one attached hydrogen (secondary N) is 2. The van der Waals surface area contributed by atoms with Gasteiger partial charge >= 0.3 is 0 Å². The fourth-order valence-corrected chi connectivity index (χ4v) is 7.43. The number of phenols is 2. The Morgan fingerprint density at radius 3 is 2.31 bits per heavy atom. The Morgan fingerprint density at radius 1 is 0.902 bits per heavy atom. The first-order valence-corrected chi connectivity index (χ1v) is 17.2. The van der Waals surface area contributed by atoms with E-state index in [-0.39, 0.29) is 76.7 Å². The van der Waals surface area contributed by atoms with E-state index in [4.69, 9.17) is 18.9 Å². The minimum atomic E-state index is -0.576. The molecule has 2 aliphatic heterocycles. The number of carbonyl (C=O) groups excluding carboxylic acids is 3. The lowest BCUT2D eigenvalue weighted by Crippen LogP contribution is -2.57. The lowest BCUT2D eigenvalue weighted by atomic mass is 9.75. The number of rotatable bonds is 6. The van der Waals surface area contributed by atoms with Crippen molar-refractivity contribution >= 4 is 28.8 Å². The van der Waals surface area contributed by atoms with Crippen molar-refractivity contribution in [2.24, 2.45) is 5.92 Å². The lowest BCUT2D eigenvalue weighted by Gasteiger charge is -2.43. The number of ketones is 2. The molecule has 3 aromatic carbocycles. The molecule has 5 unspecified atom stereocenters. The first-order valence-electron chi connectivity index (χ1n) is 17.2. The minimum absolute atomic E-state index is 0.0690. The van der Waals surface area contributed by atoms with Gasteiger partial charge in [-0.05, 0) is 62.9 Å². The normalized spacial score (nSPS) is 24.3. The second-order valence-corrected chi connectivity index (χ2v) is 13.2. The molecule has 7 rings (SSSR count). The molecule has 0 radical (unpaired) electrons. The van der Waals surface area contributed by atoms with E-state index in [1.165, 1.54) is 13.2 Å². The third-order valence-corrected chi connectivity index (χ3v) is 10.3. The summed E-state index contributed by atoms with van der Waals surface area (Å²) in [6, 6.07) is 12.1. The van der Waals surface area contributed by atoms with Gasteiger partial charge < -0.3 is 44.9 Å². The standard InChI is InChI=1S/C27H24N2O6.C11H21NO4/c1-28-14-7-9-15(10-8-14)29-27(34)13-6-11-16-18(12-13)25(32)21-22(23(16)30)26(33)20-17(24(21)31)4-3-5-19(20)35-2;1-8-11(13)9(3-5-15-8)12-4-6-16-10(7-12)14-2/h3-5,7-10,13,28,30,32H,6,11-12H2,1-2H3,(H,29,34);8-11,13H,3-7H2,1-2H3. The number of carbonyl (C=O) groups is 3. The number of aliphatic hydroxyl groups is 1. The second-order valence-electron chi connectivity index (χ2n) is 13.2. The highest BCUT2D eigenvalue weighted by atomic mass is 16.7. The first-order chi connectivity index (χ1) is 24.6. The van der Waals surface area contributed by atoms with E-state index in [1.807, 2.05) is 19.1 Å². The van der Waals surface area contributed by atoms with Gasteiger partial charge in [0.1, 0.15) is 17.2 Å². The van der Waals surface area contributed by atoms with Gasteiger partial charge in [0.25, 0.3) is 0 Å². The summed E-state index contributed by atoms with van der Waals surface area (Å²) >= 11 is 0. The molecule has 0 saturated carbocycles. The van der Waals surface area contributed by atoms with Crippen molar-refractivity contribution in [3.8, 4) is 17.2 Å². The van der Waals surface area contributed by atoms with Gasteiger partial charge in [-0.3, -0.25) is 19.3 Å². The minimum Gasteiger partial charge on any atom is -0.507 e. The summed E-state index contributed by atoms with van der Waals surface area (Å²) in [5.41, 5.74) is 2.01. The molecule has 0 bridgehead atoms. The van der Waals surface area contributed by atoms with Crippen molar-refractivity contribution in [3.05, 3.63) is 75.8 Å². The molecule has 13 nitrogen and oxygen atoms in total. The number of benzene rings is 3. The molecule has 272 valence electrons. The Bertz CT molecular complexity index is 1800. The number of anilines is 2. The number of ether oxygens (including phenoxy) is 4. The van der Waals surface area contributed by atoms with Crippen LogP contribution < -0.4 is 15.4 Å². The smallest absolute Gasteiger partial charge is 0.227 e. The number of hydrogen-bond acceptors (Lipinski definition) is 12. The maximum Gasteiger partial charge on any atom is 0.227 e. The summed E-state index contributed by atoms with van der Waals surface area (Å²) in [7, 11) is 4.85. The van der Waals surface area contributed by atoms with Gasteiger partial charge in [-0.1, -0.05) is 12.1 Å². The van der Waals surface area contributed by atoms with Crippen LogP contribution in [0.2, 0.25) is 0 Å². The zero-order valence-corrected chi connectivity index (χ0v) is 29.2. The van der Waals surface area contributed by atoms with E-state index in [0.29, 0.717) is 29.8 Å². The first kappa shape index (κ1) is 36.3. The third-order valence-electron chi connectivity index (χ3n) is 10.3. The zero-order valence-electron chi connectivity index (χ0n) is 29.2. The number of amides is 1. The van der Waals surface area contributed by atoms with Gasteiger partial charge in [0, 0.05) is 73.9 Å². The Balaban J connectivity index is 0.000000234. The molecule has 0 spiro atoms. The predicted molar refractivity (Wildman–Crippen MR) is 188 cm³/mol. The topological polar surface area (TPSA) is 176 Å². The van der Waals surface area contributed by atoms with E-state index in [1.54, 1.807) is 38.4 Å². The monoisotopic (exact) mass is 703 g/mol. The van der Waals surface area contributed by atoms with Crippen molar-refractivity contribution in [1.82, 2.24) is 4.90 Å². The number of methoxy groups -OCH3 is 2. The maximum absolute atomic E-state index is 13.3. The summed E-state index contributed by atoms with van der Waals surface area (Å²) in [6.45, 7) is 4.89. The largest absolute Gasteiger partial charge is 0.507 e. The number of hydrogen-bond donors (Lipinski definition) is 5.